The average Bonchev–Trinajstić information content (AvgIpc) is 2.79. The molecule has 0 bridgehead atoms. The second-order valence-electron chi connectivity index (χ2n) is 4.17. The third-order valence-electron chi connectivity index (χ3n) is 2.47. The van der Waals surface area contributed by atoms with Gasteiger partial charge in [0.05, 0.1) is 11.5 Å². The van der Waals surface area contributed by atoms with E-state index in [-0.39, 0.29) is 0 Å². The van der Waals surface area contributed by atoms with Gasteiger partial charge in [-0.1, -0.05) is 44.4 Å². The Morgan fingerprint density at radius 2 is 2.12 bits per heavy atom. The summed E-state index contributed by atoms with van der Waals surface area (Å²) in [6.07, 6.45) is 8.09. The normalized spacial score (nSPS) is 10.7. The van der Waals surface area contributed by atoms with Crippen LogP contribution in [-0.2, 0) is 11.3 Å². The van der Waals surface area contributed by atoms with Gasteiger partial charge in [-0.25, -0.2) is 4.98 Å². The topological polar surface area (TPSA) is 34.1 Å². The number of ether oxygens (including phenoxy) is 1. The van der Waals surface area contributed by atoms with Gasteiger partial charge in [-0.15, -0.1) is 0 Å². The summed E-state index contributed by atoms with van der Waals surface area (Å²) in [6.45, 7) is 6.95. The molecule has 0 aromatic carbocycles. The molecule has 0 atom stereocenters. The molecule has 4 heteroatoms. The molecule has 17 heavy (non-hydrogen) atoms. The van der Waals surface area contributed by atoms with E-state index in [0.29, 0.717) is 6.61 Å². The van der Waals surface area contributed by atoms with Crippen molar-refractivity contribution in [3.8, 4) is 0 Å². The van der Waals surface area contributed by atoms with E-state index >= 15 is 0 Å². The summed E-state index contributed by atoms with van der Waals surface area (Å²) < 4.78 is 5.63. The second kappa shape index (κ2) is 9.42. The smallest absolute Gasteiger partial charge is 0.182 e. The number of unbranched alkanes of at least 4 members (excludes halogenated alkanes) is 3. The molecule has 1 aromatic rings. The van der Waals surface area contributed by atoms with E-state index in [1.165, 1.54) is 30.6 Å². The fourth-order valence-electron chi connectivity index (χ4n) is 1.49. The van der Waals surface area contributed by atoms with Crippen molar-refractivity contribution in [2.75, 3.05) is 18.5 Å². The van der Waals surface area contributed by atoms with E-state index < -0.39 is 0 Å². The summed E-state index contributed by atoms with van der Waals surface area (Å²) >= 11 is 1.69. The molecule has 1 N–H and O–H groups in total. The number of hydrogen-bond acceptors (Lipinski definition) is 4. The first-order chi connectivity index (χ1) is 8.36. The first-order valence-corrected chi connectivity index (χ1v) is 7.44. The third kappa shape index (κ3) is 6.64. The van der Waals surface area contributed by atoms with Crippen molar-refractivity contribution in [1.29, 1.82) is 0 Å². The molecule has 1 heterocycles. The number of aromatic nitrogens is 1. The molecule has 0 saturated carbocycles. The first-order valence-electron chi connectivity index (χ1n) is 6.63. The zero-order valence-corrected chi connectivity index (χ0v) is 11.8. The summed E-state index contributed by atoms with van der Waals surface area (Å²) in [5.74, 6) is 0. The van der Waals surface area contributed by atoms with Crippen LogP contribution in [0.4, 0.5) is 5.13 Å². The molecular formula is C13H24N2OS. The van der Waals surface area contributed by atoms with Crippen LogP contribution < -0.4 is 5.32 Å². The molecule has 0 radical (unpaired) electrons. The Labute approximate surface area is 109 Å². The molecule has 0 spiro atoms. The summed E-state index contributed by atoms with van der Waals surface area (Å²) in [7, 11) is 0. The quantitative estimate of drug-likeness (QED) is 0.641. The van der Waals surface area contributed by atoms with Gasteiger partial charge in [0.15, 0.2) is 5.13 Å². The summed E-state index contributed by atoms with van der Waals surface area (Å²) in [4.78, 5) is 5.52. The number of hydrogen-bond donors (Lipinski definition) is 1. The van der Waals surface area contributed by atoms with Crippen LogP contribution in [-0.4, -0.2) is 18.1 Å². The van der Waals surface area contributed by atoms with Crippen molar-refractivity contribution >= 4 is 16.5 Å². The van der Waals surface area contributed by atoms with Gasteiger partial charge >= 0.3 is 0 Å². The fraction of sp³-hybridized carbons (Fsp3) is 0.769. The molecule has 0 aliphatic carbocycles. The maximum atomic E-state index is 5.63. The van der Waals surface area contributed by atoms with Crippen molar-refractivity contribution in [2.24, 2.45) is 0 Å². The van der Waals surface area contributed by atoms with E-state index in [2.05, 4.69) is 24.1 Å². The highest BCUT2D eigenvalue weighted by Crippen LogP contribution is 2.18. The van der Waals surface area contributed by atoms with Gasteiger partial charge in [-0.05, 0) is 12.8 Å². The van der Waals surface area contributed by atoms with Gasteiger partial charge in [0.2, 0.25) is 0 Å². The molecule has 1 rings (SSSR count). The number of anilines is 1. The molecule has 0 fully saturated rings. The fourth-order valence-corrected chi connectivity index (χ4v) is 2.27. The molecular weight excluding hydrogens is 232 g/mol. The Morgan fingerprint density at radius 3 is 2.88 bits per heavy atom. The molecule has 0 aliphatic heterocycles. The van der Waals surface area contributed by atoms with Crippen molar-refractivity contribution in [2.45, 2.75) is 52.6 Å². The third-order valence-corrected chi connectivity index (χ3v) is 3.39. The van der Waals surface area contributed by atoms with E-state index in [0.717, 1.165) is 24.7 Å². The highest BCUT2D eigenvalue weighted by Gasteiger charge is 2.00. The van der Waals surface area contributed by atoms with Gasteiger partial charge in [0.25, 0.3) is 0 Å². The van der Waals surface area contributed by atoms with Crippen LogP contribution in [0.2, 0.25) is 0 Å². The van der Waals surface area contributed by atoms with Crippen LogP contribution >= 0.6 is 11.3 Å². The van der Waals surface area contributed by atoms with Crippen LogP contribution in [0.3, 0.4) is 0 Å². The molecule has 0 unspecified atom stereocenters. The van der Waals surface area contributed by atoms with Gasteiger partial charge in [-0.3, -0.25) is 0 Å². The molecule has 1 aromatic heterocycles. The van der Waals surface area contributed by atoms with Gasteiger partial charge < -0.3 is 10.1 Å². The van der Waals surface area contributed by atoms with E-state index in [9.17, 15) is 0 Å². The number of thiazole rings is 1. The highest BCUT2D eigenvalue weighted by atomic mass is 32.1. The maximum Gasteiger partial charge on any atom is 0.182 e. The van der Waals surface area contributed by atoms with Crippen LogP contribution in [0.25, 0.3) is 0 Å². The minimum atomic E-state index is 0.706. The van der Waals surface area contributed by atoms with E-state index in [1.54, 1.807) is 11.3 Å². The molecule has 0 saturated heterocycles. The zero-order chi connectivity index (χ0) is 12.3. The summed E-state index contributed by atoms with van der Waals surface area (Å²) in [5, 5.41) is 4.30. The van der Waals surface area contributed by atoms with Gasteiger partial charge in [0, 0.05) is 19.3 Å². The lowest BCUT2D eigenvalue weighted by Crippen LogP contribution is -1.97. The first kappa shape index (κ1) is 14.5. The Bertz CT molecular complexity index is 289. The minimum Gasteiger partial charge on any atom is -0.376 e. The van der Waals surface area contributed by atoms with Crippen molar-refractivity contribution in [3.05, 3.63) is 11.1 Å². The van der Waals surface area contributed by atoms with Gasteiger partial charge in [-0.2, -0.15) is 0 Å². The van der Waals surface area contributed by atoms with Crippen LogP contribution in [0.1, 0.15) is 50.8 Å². The number of rotatable bonds is 10. The standard InChI is InChI=1S/C13H24N2OS/c1-3-5-6-7-9-16-11-12-10-15-13(17-12)14-8-4-2/h10H,3-9,11H2,1-2H3,(H,14,15). The zero-order valence-electron chi connectivity index (χ0n) is 11.0. The van der Waals surface area contributed by atoms with Crippen LogP contribution in [0.5, 0.6) is 0 Å². The van der Waals surface area contributed by atoms with Crippen molar-refractivity contribution in [3.63, 3.8) is 0 Å². The van der Waals surface area contributed by atoms with Crippen LogP contribution in [0.15, 0.2) is 6.20 Å². The van der Waals surface area contributed by atoms with E-state index in [4.69, 9.17) is 4.74 Å². The Hall–Kier alpha value is -0.610. The molecule has 0 aliphatic rings. The lowest BCUT2D eigenvalue weighted by atomic mass is 10.2. The maximum absolute atomic E-state index is 5.63. The minimum absolute atomic E-state index is 0.706. The lowest BCUT2D eigenvalue weighted by Gasteiger charge is -2.01. The second-order valence-corrected chi connectivity index (χ2v) is 5.29. The number of nitrogens with zero attached hydrogens (tertiary/aromatic N) is 1. The Morgan fingerprint density at radius 1 is 1.24 bits per heavy atom. The lowest BCUT2D eigenvalue weighted by molar-refractivity contribution is 0.118. The summed E-state index contributed by atoms with van der Waals surface area (Å²) in [6, 6.07) is 0. The van der Waals surface area contributed by atoms with Crippen LogP contribution in [0, 0.1) is 0 Å². The van der Waals surface area contributed by atoms with Gasteiger partial charge in [0.1, 0.15) is 0 Å². The highest BCUT2D eigenvalue weighted by molar-refractivity contribution is 7.15. The van der Waals surface area contributed by atoms with E-state index in [1.807, 2.05) is 6.20 Å². The Kier molecular flexibility index (Phi) is 8.01. The SMILES string of the molecule is CCCCCCOCc1cnc(NCCC)s1. The predicted octanol–water partition coefficient (Wildman–Crippen LogP) is 4.06. The molecule has 3 nitrogen and oxygen atoms in total. The average molecular weight is 256 g/mol. The molecule has 0 amide bonds. The summed E-state index contributed by atoms with van der Waals surface area (Å²) in [5.41, 5.74) is 0. The Balaban J connectivity index is 2.08. The number of nitrogens with one attached hydrogen (secondary N) is 1. The monoisotopic (exact) mass is 256 g/mol. The predicted molar refractivity (Wildman–Crippen MR) is 74.7 cm³/mol. The molecule has 98 valence electrons. The van der Waals surface area contributed by atoms with Crippen molar-refractivity contribution < 1.29 is 4.74 Å². The largest absolute Gasteiger partial charge is 0.376 e. The van der Waals surface area contributed by atoms with Crippen molar-refractivity contribution in [1.82, 2.24) is 4.98 Å².